The summed E-state index contributed by atoms with van der Waals surface area (Å²) in [6, 6.07) is 10.1. The zero-order valence-electron chi connectivity index (χ0n) is 18.8. The van der Waals surface area contributed by atoms with Crippen LogP contribution in [0.2, 0.25) is 5.02 Å². The van der Waals surface area contributed by atoms with Crippen molar-refractivity contribution in [3.05, 3.63) is 57.6 Å². The summed E-state index contributed by atoms with van der Waals surface area (Å²) in [5.74, 6) is 0.419. The number of anilines is 1. The Kier molecular flexibility index (Phi) is 6.45. The number of aromatic hydroxyl groups is 1. The molecule has 1 heterocycles. The van der Waals surface area contributed by atoms with Gasteiger partial charge in [-0.15, -0.1) is 0 Å². The molecule has 1 fully saturated rings. The molecule has 1 aliphatic carbocycles. The monoisotopic (exact) mass is 502 g/mol. The number of carbonyl (C=O) groups excluding carboxylic acids is 1. The van der Waals surface area contributed by atoms with Crippen molar-refractivity contribution < 1.29 is 9.90 Å². The average molecular weight is 503 g/mol. The molecule has 2 atom stereocenters. The Labute approximate surface area is 197 Å². The molecule has 1 saturated heterocycles. The van der Waals surface area contributed by atoms with Crippen molar-refractivity contribution in [1.82, 2.24) is 4.90 Å². The Hall–Kier alpha value is -1.48. The molecule has 1 N–H and O–H groups in total. The van der Waals surface area contributed by atoms with Crippen molar-refractivity contribution in [1.29, 1.82) is 0 Å². The second-order valence-corrected chi connectivity index (χ2v) is 13.1. The topological polar surface area (TPSA) is 43.8 Å². The molecule has 2 aliphatic rings. The molecule has 2 unspecified atom stereocenters. The number of aryl methyl sites for hydroxylation is 2. The van der Waals surface area contributed by atoms with Crippen LogP contribution in [0.3, 0.4) is 0 Å². The molecular weight excluding hydrogens is 471 g/mol. The van der Waals surface area contributed by atoms with Gasteiger partial charge in [0.05, 0.1) is 0 Å². The van der Waals surface area contributed by atoms with Crippen LogP contribution in [0.15, 0.2) is 30.3 Å². The van der Waals surface area contributed by atoms with E-state index in [1.54, 1.807) is 0 Å². The van der Waals surface area contributed by atoms with E-state index < -0.39 is 15.8 Å². The Morgan fingerprint density at radius 1 is 1.16 bits per heavy atom. The fourth-order valence-electron chi connectivity index (χ4n) is 5.06. The maximum absolute atomic E-state index is 13.1. The van der Waals surface area contributed by atoms with Crippen molar-refractivity contribution in [2.75, 3.05) is 37.6 Å². The molecule has 2 aromatic carbocycles. The number of halogens is 1. The van der Waals surface area contributed by atoms with E-state index >= 15 is 0 Å². The Morgan fingerprint density at radius 2 is 1.87 bits per heavy atom. The van der Waals surface area contributed by atoms with Crippen molar-refractivity contribution >= 4 is 37.6 Å². The van der Waals surface area contributed by atoms with Crippen molar-refractivity contribution in [3.63, 3.8) is 0 Å². The standard InChI is InChI=1S/C25H32AsClN2O2/c1-16-12-17(2)23(31)22-20(16)14-25(3,4)24(22)26-21(30)15-28-8-10-29(11-9-28)19-7-5-6-18(27)13-19/h5-7,12-13,24,26,31H,8-11,14-15H2,1-4H3. The van der Waals surface area contributed by atoms with Crippen LogP contribution in [0, 0.1) is 19.3 Å². The van der Waals surface area contributed by atoms with E-state index in [1.807, 2.05) is 25.1 Å². The van der Waals surface area contributed by atoms with Gasteiger partial charge in [0.2, 0.25) is 0 Å². The molecule has 0 aromatic heterocycles. The van der Waals surface area contributed by atoms with Crippen LogP contribution in [-0.4, -0.2) is 63.1 Å². The molecule has 31 heavy (non-hydrogen) atoms. The van der Waals surface area contributed by atoms with Gasteiger partial charge in [0.25, 0.3) is 0 Å². The van der Waals surface area contributed by atoms with E-state index in [4.69, 9.17) is 11.6 Å². The number of benzene rings is 2. The summed E-state index contributed by atoms with van der Waals surface area (Å²) < 4.78 is 0.585. The van der Waals surface area contributed by atoms with E-state index in [9.17, 15) is 9.90 Å². The van der Waals surface area contributed by atoms with E-state index in [0.717, 1.165) is 54.4 Å². The summed E-state index contributed by atoms with van der Waals surface area (Å²) in [6.45, 7) is 12.7. The number of carbonyl (C=O) groups is 1. The Balaban J connectivity index is 1.40. The third-order valence-electron chi connectivity index (χ3n) is 6.78. The fourth-order valence-corrected chi connectivity index (χ4v) is 8.57. The van der Waals surface area contributed by atoms with Crippen molar-refractivity contribution in [2.24, 2.45) is 5.41 Å². The predicted octanol–water partition coefficient (Wildman–Crippen LogP) is 4.07. The minimum atomic E-state index is -0.887. The molecule has 0 saturated carbocycles. The van der Waals surface area contributed by atoms with Gasteiger partial charge in [0, 0.05) is 0 Å². The molecule has 2 aromatic rings. The molecular formula is C25H32AsClN2O2. The van der Waals surface area contributed by atoms with Crippen LogP contribution >= 0.6 is 11.6 Å². The minimum absolute atomic E-state index is 0.0271. The summed E-state index contributed by atoms with van der Waals surface area (Å²) >= 11 is 5.25. The molecule has 4 nitrogen and oxygen atoms in total. The van der Waals surface area contributed by atoms with Gasteiger partial charge in [-0.2, -0.15) is 0 Å². The molecule has 4 rings (SSSR count). The SMILES string of the molecule is Cc1cc(C)c2c(c1O)C([AsH]C(=O)CN1CCN(c3cccc(Cl)c3)CC1)C(C)(C)C2. The Morgan fingerprint density at radius 3 is 2.55 bits per heavy atom. The number of piperazine rings is 1. The fraction of sp³-hybridized carbons (Fsp3) is 0.480. The summed E-state index contributed by atoms with van der Waals surface area (Å²) in [5, 5.41) is 11.6. The quantitative estimate of drug-likeness (QED) is 0.626. The zero-order valence-corrected chi connectivity index (χ0v) is 21.7. The molecule has 166 valence electrons. The molecule has 0 spiro atoms. The van der Waals surface area contributed by atoms with Crippen molar-refractivity contribution in [3.8, 4) is 5.75 Å². The number of nitrogens with zero attached hydrogens (tertiary/aromatic N) is 2. The van der Waals surface area contributed by atoms with Crippen LogP contribution < -0.4 is 4.90 Å². The predicted molar refractivity (Wildman–Crippen MR) is 130 cm³/mol. The number of phenols is 1. The third kappa shape index (κ3) is 4.67. The van der Waals surface area contributed by atoms with Crippen LogP contribution in [-0.2, 0) is 11.2 Å². The molecule has 6 heteroatoms. The zero-order chi connectivity index (χ0) is 22.3. The van der Waals surface area contributed by atoms with Crippen LogP contribution in [0.25, 0.3) is 0 Å². The van der Waals surface area contributed by atoms with E-state index in [2.05, 4.69) is 42.7 Å². The molecule has 0 amide bonds. The molecule has 0 bridgehead atoms. The van der Waals surface area contributed by atoms with Gasteiger partial charge >= 0.3 is 198 Å². The Bertz CT molecular complexity index is 999. The first-order valence-corrected chi connectivity index (χ1v) is 13.6. The number of hydrogen-bond donors (Lipinski definition) is 1. The summed E-state index contributed by atoms with van der Waals surface area (Å²) in [4.78, 5) is 17.8. The number of fused-ring (bicyclic) bond motifs is 1. The first-order valence-electron chi connectivity index (χ1n) is 11.0. The van der Waals surface area contributed by atoms with Gasteiger partial charge in [-0.25, -0.2) is 0 Å². The molecule has 1 aliphatic heterocycles. The number of phenolic OH excluding ortho intramolecular Hbond substituents is 1. The summed E-state index contributed by atoms with van der Waals surface area (Å²) in [5.41, 5.74) is 5.69. The molecule has 0 radical (unpaired) electrons. The van der Waals surface area contributed by atoms with Crippen LogP contribution in [0.5, 0.6) is 5.75 Å². The maximum atomic E-state index is 13.1. The number of hydrogen-bond acceptors (Lipinski definition) is 4. The third-order valence-corrected chi connectivity index (χ3v) is 10.9. The number of rotatable bonds is 5. The summed E-state index contributed by atoms with van der Waals surface area (Å²) in [6.07, 6.45) is 0.946. The van der Waals surface area contributed by atoms with Crippen LogP contribution in [0.4, 0.5) is 5.69 Å². The first kappa shape index (κ1) is 22.7. The van der Waals surface area contributed by atoms with E-state index in [0.29, 0.717) is 16.9 Å². The summed E-state index contributed by atoms with van der Waals surface area (Å²) in [7, 11) is 0. The van der Waals surface area contributed by atoms with Gasteiger partial charge in [0.1, 0.15) is 0 Å². The van der Waals surface area contributed by atoms with Gasteiger partial charge in [0.15, 0.2) is 0 Å². The van der Waals surface area contributed by atoms with Gasteiger partial charge in [-0.05, 0) is 0 Å². The van der Waals surface area contributed by atoms with Gasteiger partial charge in [-0.3, -0.25) is 0 Å². The van der Waals surface area contributed by atoms with Gasteiger partial charge < -0.3 is 0 Å². The van der Waals surface area contributed by atoms with E-state index in [-0.39, 0.29) is 10.1 Å². The normalized spacial score (nSPS) is 21.1. The van der Waals surface area contributed by atoms with E-state index in [1.165, 1.54) is 11.1 Å². The van der Waals surface area contributed by atoms with Crippen LogP contribution in [0.1, 0.15) is 40.8 Å². The first-order chi connectivity index (χ1) is 14.7. The van der Waals surface area contributed by atoms with Crippen molar-refractivity contribution in [2.45, 2.75) is 38.8 Å². The average Bonchev–Trinajstić information content (AvgIpc) is 2.98. The van der Waals surface area contributed by atoms with Gasteiger partial charge in [-0.1, -0.05) is 0 Å². The second kappa shape index (κ2) is 8.81. The second-order valence-electron chi connectivity index (χ2n) is 9.66.